The predicted molar refractivity (Wildman–Crippen MR) is 73.7 cm³/mol. The van der Waals surface area contributed by atoms with Crippen LogP contribution in [-0.2, 0) is 10.3 Å². The molecule has 102 valence electrons. The fourth-order valence-corrected chi connectivity index (χ4v) is 4.36. The number of aromatic nitrogens is 1. The van der Waals surface area contributed by atoms with Gasteiger partial charge >= 0.3 is 0 Å². The second kappa shape index (κ2) is 3.63. The first-order chi connectivity index (χ1) is 9.10. The predicted octanol–water partition coefficient (Wildman–Crippen LogP) is 1.58. The van der Waals surface area contributed by atoms with Gasteiger partial charge < -0.3 is 14.2 Å². The van der Waals surface area contributed by atoms with Crippen molar-refractivity contribution in [2.75, 3.05) is 31.2 Å². The van der Waals surface area contributed by atoms with Crippen LogP contribution in [0, 0.1) is 5.41 Å². The molecule has 0 radical (unpaired) electrons. The summed E-state index contributed by atoms with van der Waals surface area (Å²) in [5, 5.41) is 0. The summed E-state index contributed by atoms with van der Waals surface area (Å²) in [5.41, 5.74) is 1.89. The molecule has 19 heavy (non-hydrogen) atoms. The Morgan fingerprint density at radius 2 is 1.89 bits per heavy atom. The molecule has 0 unspecified atom stereocenters. The van der Waals surface area contributed by atoms with Gasteiger partial charge in [-0.05, 0) is 30.7 Å². The molecule has 1 saturated heterocycles. The maximum absolute atomic E-state index is 12.4. The zero-order chi connectivity index (χ0) is 13.1. The number of anilines is 1. The molecule has 0 N–H and O–H groups in total. The normalized spacial score (nSPS) is 36.6. The second-order valence-electron chi connectivity index (χ2n) is 6.76. The van der Waals surface area contributed by atoms with Crippen LogP contribution in [-0.4, -0.2) is 30.9 Å². The largest absolute Gasteiger partial charge is 0.378 e. The fraction of sp³-hybridized carbons (Fsp3) is 0.667. The van der Waals surface area contributed by atoms with Crippen molar-refractivity contribution in [1.82, 2.24) is 4.57 Å². The smallest absolute Gasteiger partial charge is 0.253 e. The minimum absolute atomic E-state index is 0.158. The van der Waals surface area contributed by atoms with Crippen LogP contribution >= 0.6 is 0 Å². The van der Waals surface area contributed by atoms with E-state index in [9.17, 15) is 4.79 Å². The molecule has 4 nitrogen and oxygen atoms in total. The first-order valence-corrected chi connectivity index (χ1v) is 7.16. The van der Waals surface area contributed by atoms with E-state index in [1.165, 1.54) is 19.3 Å². The van der Waals surface area contributed by atoms with Crippen molar-refractivity contribution in [3.8, 4) is 0 Å². The van der Waals surface area contributed by atoms with Crippen LogP contribution in [0.15, 0.2) is 23.1 Å². The third-order valence-corrected chi connectivity index (χ3v) is 5.06. The van der Waals surface area contributed by atoms with E-state index in [2.05, 4.69) is 17.9 Å². The Balaban J connectivity index is 1.60. The van der Waals surface area contributed by atoms with E-state index in [4.69, 9.17) is 4.74 Å². The Labute approximate surface area is 113 Å². The molecule has 5 rings (SSSR count). The molecular formula is C15H20N2O2. The summed E-state index contributed by atoms with van der Waals surface area (Å²) >= 11 is 0. The first-order valence-electron chi connectivity index (χ1n) is 7.16. The Morgan fingerprint density at radius 1 is 1.21 bits per heavy atom. The molecule has 4 heteroatoms. The summed E-state index contributed by atoms with van der Waals surface area (Å²) in [7, 11) is 0. The minimum atomic E-state index is 0.158. The monoisotopic (exact) mass is 260 g/mol. The van der Waals surface area contributed by atoms with Gasteiger partial charge in [0.1, 0.15) is 0 Å². The van der Waals surface area contributed by atoms with Crippen LogP contribution in [0.5, 0.6) is 0 Å². The van der Waals surface area contributed by atoms with Crippen molar-refractivity contribution in [1.29, 1.82) is 0 Å². The third-order valence-electron chi connectivity index (χ3n) is 5.06. The van der Waals surface area contributed by atoms with Crippen molar-refractivity contribution < 1.29 is 4.74 Å². The van der Waals surface area contributed by atoms with Gasteiger partial charge in [-0.25, -0.2) is 0 Å². The summed E-state index contributed by atoms with van der Waals surface area (Å²) in [6.45, 7) is 5.60. The maximum Gasteiger partial charge on any atom is 0.253 e. The van der Waals surface area contributed by atoms with Crippen LogP contribution in [0.25, 0.3) is 0 Å². The van der Waals surface area contributed by atoms with Gasteiger partial charge in [0.25, 0.3) is 5.56 Å². The lowest BCUT2D eigenvalue weighted by atomic mass is 9.40. The van der Waals surface area contributed by atoms with Gasteiger partial charge in [0.15, 0.2) is 0 Å². The highest BCUT2D eigenvalue weighted by Gasteiger charge is 2.66. The Morgan fingerprint density at radius 3 is 2.47 bits per heavy atom. The van der Waals surface area contributed by atoms with Crippen LogP contribution in [0.3, 0.4) is 0 Å². The summed E-state index contributed by atoms with van der Waals surface area (Å²) in [6, 6.07) is 3.89. The summed E-state index contributed by atoms with van der Waals surface area (Å²) in [4.78, 5) is 14.6. The van der Waals surface area contributed by atoms with E-state index in [-0.39, 0.29) is 11.1 Å². The number of pyridine rings is 1. The van der Waals surface area contributed by atoms with Crippen molar-refractivity contribution in [2.45, 2.75) is 31.7 Å². The molecule has 0 atom stereocenters. The third kappa shape index (κ3) is 1.59. The average Bonchev–Trinajstić information content (AvgIpc) is 2.35. The lowest BCUT2D eigenvalue weighted by molar-refractivity contribution is -0.175. The highest BCUT2D eigenvalue weighted by molar-refractivity contribution is 5.45. The fourth-order valence-electron chi connectivity index (χ4n) is 4.36. The molecule has 2 bridgehead atoms. The van der Waals surface area contributed by atoms with Gasteiger partial charge in [-0.2, -0.15) is 0 Å². The van der Waals surface area contributed by atoms with E-state index < -0.39 is 0 Å². The van der Waals surface area contributed by atoms with Crippen molar-refractivity contribution >= 4 is 5.69 Å². The molecule has 4 fully saturated rings. The Kier molecular flexibility index (Phi) is 2.20. The highest BCUT2D eigenvalue weighted by Crippen LogP contribution is 2.70. The molecule has 3 saturated carbocycles. The first kappa shape index (κ1) is 11.5. The Hall–Kier alpha value is -1.29. The molecule has 4 aliphatic rings. The van der Waals surface area contributed by atoms with Gasteiger partial charge in [-0.3, -0.25) is 4.79 Å². The van der Waals surface area contributed by atoms with Gasteiger partial charge in [-0.15, -0.1) is 0 Å². The number of rotatable bonds is 2. The van der Waals surface area contributed by atoms with Gasteiger partial charge in [0, 0.05) is 36.6 Å². The molecule has 3 aliphatic carbocycles. The lowest BCUT2D eigenvalue weighted by Gasteiger charge is -2.69. The number of morpholine rings is 1. The Bertz CT molecular complexity index is 552. The maximum atomic E-state index is 12.4. The molecule has 0 amide bonds. The second-order valence-corrected chi connectivity index (χ2v) is 6.76. The highest BCUT2D eigenvalue weighted by atomic mass is 16.5. The van der Waals surface area contributed by atoms with Crippen molar-refractivity contribution in [2.24, 2.45) is 5.41 Å². The van der Waals surface area contributed by atoms with Gasteiger partial charge in [0.05, 0.1) is 13.2 Å². The average molecular weight is 260 g/mol. The topological polar surface area (TPSA) is 34.5 Å². The number of ether oxygens (including phenoxy) is 1. The quantitative estimate of drug-likeness (QED) is 0.810. The zero-order valence-corrected chi connectivity index (χ0v) is 11.4. The van der Waals surface area contributed by atoms with E-state index in [0.717, 1.165) is 32.0 Å². The molecule has 1 aliphatic heterocycles. The van der Waals surface area contributed by atoms with E-state index in [0.29, 0.717) is 5.41 Å². The molecule has 2 heterocycles. The SMILES string of the molecule is CC12CC(n3ccc(N4CCOCC4)cc3=O)(C1)C2. The van der Waals surface area contributed by atoms with Crippen molar-refractivity contribution in [3.05, 3.63) is 28.7 Å². The van der Waals surface area contributed by atoms with Crippen LogP contribution in [0.1, 0.15) is 26.2 Å². The summed E-state index contributed by atoms with van der Waals surface area (Å²) in [5.74, 6) is 0. The minimum Gasteiger partial charge on any atom is -0.378 e. The lowest BCUT2D eigenvalue weighted by Crippen LogP contribution is -2.68. The molecule has 0 spiro atoms. The van der Waals surface area contributed by atoms with Crippen LogP contribution < -0.4 is 10.5 Å². The molecule has 1 aromatic rings. The zero-order valence-electron chi connectivity index (χ0n) is 11.4. The van der Waals surface area contributed by atoms with E-state index >= 15 is 0 Å². The van der Waals surface area contributed by atoms with Gasteiger partial charge in [0.2, 0.25) is 0 Å². The summed E-state index contributed by atoms with van der Waals surface area (Å²) in [6.07, 6.45) is 5.54. The van der Waals surface area contributed by atoms with Crippen LogP contribution in [0.2, 0.25) is 0 Å². The van der Waals surface area contributed by atoms with Gasteiger partial charge in [-0.1, -0.05) is 6.92 Å². The standard InChI is InChI=1S/C15H20N2O2/c1-14-9-15(10-14,11-14)17-3-2-12(8-13(17)18)16-4-6-19-7-5-16/h2-3,8H,4-7,9-11H2,1H3. The number of hydrogen-bond acceptors (Lipinski definition) is 3. The molecule has 0 aromatic carbocycles. The van der Waals surface area contributed by atoms with Crippen molar-refractivity contribution in [3.63, 3.8) is 0 Å². The number of nitrogens with zero attached hydrogens (tertiary/aromatic N) is 2. The van der Waals surface area contributed by atoms with Crippen LogP contribution in [0.4, 0.5) is 5.69 Å². The molecular weight excluding hydrogens is 240 g/mol. The summed E-state index contributed by atoms with van der Waals surface area (Å²) < 4.78 is 7.32. The number of hydrogen-bond donors (Lipinski definition) is 0. The van der Waals surface area contributed by atoms with E-state index in [1.807, 2.05) is 10.8 Å². The molecule has 1 aromatic heterocycles. The van der Waals surface area contributed by atoms with E-state index in [1.54, 1.807) is 6.07 Å².